The summed E-state index contributed by atoms with van der Waals surface area (Å²) in [5, 5.41) is 12.7. The minimum atomic E-state index is 0.205. The summed E-state index contributed by atoms with van der Waals surface area (Å²) in [6, 6.07) is 8.08. The topological polar surface area (TPSA) is 59.2 Å². The number of aromatic nitrogens is 2. The van der Waals surface area contributed by atoms with Crippen LogP contribution in [0, 0.1) is 0 Å². The molecule has 1 N–H and O–H groups in total. The molecule has 0 amide bonds. The molecule has 0 saturated heterocycles. The molecular weight excluding hydrogens is 248 g/mol. The molecule has 0 fully saturated rings. The molecule has 2 rings (SSSR count). The van der Waals surface area contributed by atoms with Crippen LogP contribution in [0.25, 0.3) is 11.4 Å². The van der Waals surface area contributed by atoms with E-state index in [1.807, 2.05) is 30.5 Å². The number of aryl methyl sites for hydroxylation is 1. The fourth-order valence-corrected chi connectivity index (χ4v) is 2.01. The van der Waals surface area contributed by atoms with Gasteiger partial charge in [0.05, 0.1) is 0 Å². The minimum Gasteiger partial charge on any atom is -0.396 e. The molecule has 18 heavy (non-hydrogen) atoms. The molecule has 0 bridgehead atoms. The van der Waals surface area contributed by atoms with Gasteiger partial charge in [-0.25, -0.2) is 0 Å². The van der Waals surface area contributed by atoms with Crippen LogP contribution in [0.1, 0.15) is 18.7 Å². The van der Waals surface area contributed by atoms with Gasteiger partial charge in [-0.2, -0.15) is 4.98 Å². The SMILES string of the molecule is CSc1ccc(-c2noc(CCCCO)n2)cc1. The van der Waals surface area contributed by atoms with E-state index in [1.54, 1.807) is 11.8 Å². The van der Waals surface area contributed by atoms with Crippen molar-refractivity contribution in [2.45, 2.75) is 24.2 Å². The molecule has 0 aliphatic heterocycles. The highest BCUT2D eigenvalue weighted by Crippen LogP contribution is 2.21. The largest absolute Gasteiger partial charge is 0.396 e. The summed E-state index contributed by atoms with van der Waals surface area (Å²) in [6.07, 6.45) is 4.39. The number of rotatable bonds is 6. The molecule has 0 aliphatic carbocycles. The molecule has 96 valence electrons. The van der Waals surface area contributed by atoms with Crippen molar-refractivity contribution in [1.29, 1.82) is 0 Å². The summed E-state index contributed by atoms with van der Waals surface area (Å²) in [4.78, 5) is 5.55. The van der Waals surface area contributed by atoms with Crippen LogP contribution in [0.4, 0.5) is 0 Å². The third-order valence-corrected chi connectivity index (χ3v) is 3.36. The molecule has 4 nitrogen and oxygen atoms in total. The van der Waals surface area contributed by atoms with Crippen molar-refractivity contribution in [3.63, 3.8) is 0 Å². The first-order valence-corrected chi connectivity index (χ1v) is 7.14. The summed E-state index contributed by atoms with van der Waals surface area (Å²) >= 11 is 1.70. The van der Waals surface area contributed by atoms with Gasteiger partial charge in [0.2, 0.25) is 11.7 Å². The Morgan fingerprint density at radius 2 is 2.00 bits per heavy atom. The van der Waals surface area contributed by atoms with Gasteiger partial charge in [0.25, 0.3) is 0 Å². The van der Waals surface area contributed by atoms with E-state index in [2.05, 4.69) is 10.1 Å². The number of thioether (sulfide) groups is 1. The fourth-order valence-electron chi connectivity index (χ4n) is 1.60. The van der Waals surface area contributed by atoms with E-state index in [0.29, 0.717) is 11.7 Å². The molecule has 0 radical (unpaired) electrons. The Hall–Kier alpha value is -1.33. The van der Waals surface area contributed by atoms with Gasteiger partial charge in [-0.3, -0.25) is 0 Å². The van der Waals surface area contributed by atoms with E-state index in [4.69, 9.17) is 9.63 Å². The van der Waals surface area contributed by atoms with Crippen LogP contribution in [0.5, 0.6) is 0 Å². The van der Waals surface area contributed by atoms with E-state index in [1.165, 1.54) is 4.90 Å². The van der Waals surface area contributed by atoms with Crippen molar-refractivity contribution >= 4 is 11.8 Å². The zero-order valence-electron chi connectivity index (χ0n) is 10.3. The van der Waals surface area contributed by atoms with Crippen LogP contribution < -0.4 is 0 Å². The second-order valence-electron chi connectivity index (χ2n) is 3.92. The van der Waals surface area contributed by atoms with E-state index in [0.717, 1.165) is 24.8 Å². The predicted molar refractivity (Wildman–Crippen MR) is 71.5 cm³/mol. The number of aliphatic hydroxyl groups excluding tert-OH is 1. The number of benzene rings is 1. The molecule has 1 heterocycles. The van der Waals surface area contributed by atoms with Crippen molar-refractivity contribution in [2.24, 2.45) is 0 Å². The first-order chi connectivity index (χ1) is 8.83. The molecule has 1 aromatic heterocycles. The Morgan fingerprint density at radius 3 is 2.67 bits per heavy atom. The molecule has 0 aliphatic rings. The van der Waals surface area contributed by atoms with Gasteiger partial charge in [-0.1, -0.05) is 5.16 Å². The van der Waals surface area contributed by atoms with Gasteiger partial charge in [-0.05, 0) is 43.4 Å². The lowest BCUT2D eigenvalue weighted by molar-refractivity contribution is 0.281. The monoisotopic (exact) mass is 264 g/mol. The number of unbranched alkanes of at least 4 members (excludes halogenated alkanes) is 1. The molecular formula is C13H16N2O2S. The van der Waals surface area contributed by atoms with Crippen LogP contribution in [0.15, 0.2) is 33.7 Å². The lowest BCUT2D eigenvalue weighted by Crippen LogP contribution is -1.89. The van der Waals surface area contributed by atoms with E-state index in [9.17, 15) is 0 Å². The average Bonchev–Trinajstić information content (AvgIpc) is 2.88. The highest BCUT2D eigenvalue weighted by molar-refractivity contribution is 7.98. The number of hydrogen-bond donors (Lipinski definition) is 1. The summed E-state index contributed by atoms with van der Waals surface area (Å²) in [5.74, 6) is 1.26. The lowest BCUT2D eigenvalue weighted by Gasteiger charge is -1.96. The van der Waals surface area contributed by atoms with Crippen molar-refractivity contribution in [3.05, 3.63) is 30.2 Å². The maximum absolute atomic E-state index is 8.71. The van der Waals surface area contributed by atoms with Gasteiger partial charge in [0.1, 0.15) is 0 Å². The number of hydrogen-bond acceptors (Lipinski definition) is 5. The number of aliphatic hydroxyl groups is 1. The van der Waals surface area contributed by atoms with Crippen LogP contribution in [-0.4, -0.2) is 28.1 Å². The van der Waals surface area contributed by atoms with Crippen molar-refractivity contribution < 1.29 is 9.63 Å². The maximum atomic E-state index is 8.71. The zero-order valence-corrected chi connectivity index (χ0v) is 11.1. The van der Waals surface area contributed by atoms with Crippen molar-refractivity contribution in [1.82, 2.24) is 10.1 Å². The van der Waals surface area contributed by atoms with Crippen LogP contribution >= 0.6 is 11.8 Å². The molecule has 0 unspecified atom stereocenters. The third kappa shape index (κ3) is 3.34. The molecule has 0 saturated carbocycles. The van der Waals surface area contributed by atoms with Crippen LogP contribution in [0.2, 0.25) is 0 Å². The Bertz CT molecular complexity index is 482. The summed E-state index contributed by atoms with van der Waals surface area (Å²) in [7, 11) is 0. The summed E-state index contributed by atoms with van der Waals surface area (Å²) in [5.41, 5.74) is 0.963. The smallest absolute Gasteiger partial charge is 0.226 e. The van der Waals surface area contributed by atoms with Crippen molar-refractivity contribution in [2.75, 3.05) is 12.9 Å². The van der Waals surface area contributed by atoms with E-state index >= 15 is 0 Å². The van der Waals surface area contributed by atoms with Gasteiger partial charge < -0.3 is 9.63 Å². The fraction of sp³-hybridized carbons (Fsp3) is 0.385. The van der Waals surface area contributed by atoms with E-state index < -0.39 is 0 Å². The van der Waals surface area contributed by atoms with Crippen LogP contribution in [-0.2, 0) is 6.42 Å². The first-order valence-electron chi connectivity index (χ1n) is 5.91. The summed E-state index contributed by atoms with van der Waals surface area (Å²) in [6.45, 7) is 0.205. The molecule has 5 heteroatoms. The van der Waals surface area contributed by atoms with Gasteiger partial charge in [-0.15, -0.1) is 11.8 Å². The minimum absolute atomic E-state index is 0.205. The Balaban J connectivity index is 2.04. The predicted octanol–water partition coefficient (Wildman–Crippen LogP) is 2.77. The highest BCUT2D eigenvalue weighted by atomic mass is 32.2. The van der Waals surface area contributed by atoms with Crippen molar-refractivity contribution in [3.8, 4) is 11.4 Å². The maximum Gasteiger partial charge on any atom is 0.226 e. The molecule has 0 atom stereocenters. The number of nitrogens with zero attached hydrogens (tertiary/aromatic N) is 2. The molecule has 0 spiro atoms. The second kappa shape index (κ2) is 6.56. The Labute approximate surface area is 110 Å². The lowest BCUT2D eigenvalue weighted by atomic mass is 10.2. The molecule has 2 aromatic rings. The van der Waals surface area contributed by atoms with Crippen LogP contribution in [0.3, 0.4) is 0 Å². The second-order valence-corrected chi connectivity index (χ2v) is 4.80. The highest BCUT2D eigenvalue weighted by Gasteiger charge is 2.08. The zero-order chi connectivity index (χ0) is 12.8. The van der Waals surface area contributed by atoms with Gasteiger partial charge in [0.15, 0.2) is 0 Å². The standard InChI is InChI=1S/C13H16N2O2S/c1-18-11-7-5-10(6-8-11)13-14-12(17-15-13)4-2-3-9-16/h5-8,16H,2-4,9H2,1H3. The first kappa shape index (κ1) is 13.1. The normalized spacial score (nSPS) is 10.8. The quantitative estimate of drug-likeness (QED) is 0.642. The van der Waals surface area contributed by atoms with Gasteiger partial charge >= 0.3 is 0 Å². The molecule has 1 aromatic carbocycles. The average molecular weight is 264 g/mol. The third-order valence-electron chi connectivity index (χ3n) is 2.62. The Kier molecular flexibility index (Phi) is 4.78. The Morgan fingerprint density at radius 1 is 1.22 bits per heavy atom. The van der Waals surface area contributed by atoms with E-state index in [-0.39, 0.29) is 6.61 Å². The van der Waals surface area contributed by atoms with Gasteiger partial charge in [0, 0.05) is 23.5 Å². The summed E-state index contributed by atoms with van der Waals surface area (Å²) < 4.78 is 5.17.